The molecule has 3 N–H and O–H groups in total. The van der Waals surface area contributed by atoms with E-state index in [0.717, 1.165) is 30.0 Å². The quantitative estimate of drug-likeness (QED) is 0.315. The van der Waals surface area contributed by atoms with Gasteiger partial charge in [0.25, 0.3) is 0 Å². The summed E-state index contributed by atoms with van der Waals surface area (Å²) in [5, 5.41) is 2.93. The highest BCUT2D eigenvalue weighted by molar-refractivity contribution is 14.0. The van der Waals surface area contributed by atoms with Crippen molar-refractivity contribution in [3.63, 3.8) is 0 Å². The van der Waals surface area contributed by atoms with Crippen molar-refractivity contribution in [3.05, 3.63) is 53.7 Å². The van der Waals surface area contributed by atoms with Crippen LogP contribution in [0.15, 0.2) is 47.6 Å². The number of nitrogens with zero attached hydrogens (tertiary/aromatic N) is 3. The van der Waals surface area contributed by atoms with Crippen LogP contribution in [0.3, 0.4) is 0 Å². The number of hydrogen-bond acceptors (Lipinski definition) is 5. The van der Waals surface area contributed by atoms with Gasteiger partial charge < -0.3 is 25.4 Å². The molecule has 1 aromatic heterocycles. The molecule has 0 spiro atoms. The second kappa shape index (κ2) is 11.5. The van der Waals surface area contributed by atoms with Gasteiger partial charge in [-0.15, -0.1) is 37.1 Å². The van der Waals surface area contributed by atoms with E-state index < -0.39 is 6.36 Å². The molecule has 1 aromatic carbocycles. The lowest BCUT2D eigenvalue weighted by molar-refractivity contribution is -0.274. The van der Waals surface area contributed by atoms with E-state index in [4.69, 9.17) is 10.5 Å². The molecule has 0 radical (unpaired) electrons. The summed E-state index contributed by atoms with van der Waals surface area (Å²) in [6, 6.07) is 9.48. The molecule has 1 saturated heterocycles. The number of hydrogen-bond donors (Lipinski definition) is 2. The summed E-state index contributed by atoms with van der Waals surface area (Å²) < 4.78 is 46.2. The van der Waals surface area contributed by atoms with Crippen LogP contribution in [0.1, 0.15) is 25.0 Å². The van der Waals surface area contributed by atoms with Crippen LogP contribution in [0.25, 0.3) is 0 Å². The van der Waals surface area contributed by atoms with Crippen molar-refractivity contribution in [2.75, 3.05) is 18.0 Å². The van der Waals surface area contributed by atoms with Crippen molar-refractivity contribution in [3.8, 4) is 5.75 Å². The molecule has 2 aromatic rings. The topological polar surface area (TPSA) is 85.0 Å². The summed E-state index contributed by atoms with van der Waals surface area (Å²) in [6.45, 7) is 6.38. The first kappa shape index (κ1) is 26.0. The molecular formula is C21H27F3IN5O2. The second-order valence-electron chi connectivity index (χ2n) is 7.43. The second-order valence-corrected chi connectivity index (χ2v) is 7.43. The van der Waals surface area contributed by atoms with Gasteiger partial charge in [0, 0.05) is 25.8 Å². The van der Waals surface area contributed by atoms with Gasteiger partial charge in [0.05, 0.1) is 18.8 Å². The monoisotopic (exact) mass is 565 g/mol. The van der Waals surface area contributed by atoms with Gasteiger partial charge in [-0.2, -0.15) is 0 Å². The van der Waals surface area contributed by atoms with E-state index in [0.29, 0.717) is 13.1 Å². The molecule has 1 aliphatic heterocycles. The number of aliphatic imine (C=N–C) groups is 1. The largest absolute Gasteiger partial charge is 0.573 e. The van der Waals surface area contributed by atoms with Gasteiger partial charge >= 0.3 is 6.36 Å². The molecular weight excluding hydrogens is 538 g/mol. The lowest BCUT2D eigenvalue weighted by atomic mass is 10.2. The number of benzene rings is 1. The Labute approximate surface area is 202 Å². The Bertz CT molecular complexity index is 868. The molecule has 0 amide bonds. The Morgan fingerprint density at radius 3 is 2.34 bits per heavy atom. The zero-order valence-electron chi connectivity index (χ0n) is 17.8. The number of nitrogens with two attached hydrogens (primary N) is 1. The van der Waals surface area contributed by atoms with Crippen molar-refractivity contribution in [2.24, 2.45) is 10.7 Å². The molecule has 176 valence electrons. The van der Waals surface area contributed by atoms with Crippen LogP contribution >= 0.6 is 24.0 Å². The first-order chi connectivity index (χ1) is 14.7. The average Bonchev–Trinajstić information content (AvgIpc) is 2.70. The van der Waals surface area contributed by atoms with Gasteiger partial charge in [0.1, 0.15) is 11.6 Å². The van der Waals surface area contributed by atoms with E-state index >= 15 is 0 Å². The van der Waals surface area contributed by atoms with Gasteiger partial charge in [0.15, 0.2) is 5.96 Å². The van der Waals surface area contributed by atoms with Gasteiger partial charge in [-0.1, -0.05) is 18.2 Å². The van der Waals surface area contributed by atoms with Crippen LogP contribution < -0.4 is 20.7 Å². The highest BCUT2D eigenvalue weighted by Crippen LogP contribution is 2.22. The SMILES string of the molecule is CC1CN(c2ccc(CN=C(N)NCc3ccc(OC(F)(F)F)cc3)cn2)CC(C)O1.I. The van der Waals surface area contributed by atoms with Crippen molar-refractivity contribution in [1.82, 2.24) is 10.3 Å². The van der Waals surface area contributed by atoms with Crippen molar-refractivity contribution < 1.29 is 22.6 Å². The number of halogens is 4. The third kappa shape index (κ3) is 8.34. The predicted octanol–water partition coefficient (Wildman–Crippen LogP) is 3.82. The third-order valence-corrected chi connectivity index (χ3v) is 4.62. The maximum absolute atomic E-state index is 12.2. The Balaban J connectivity index is 0.00000363. The van der Waals surface area contributed by atoms with Crippen LogP contribution in [0.5, 0.6) is 5.75 Å². The highest BCUT2D eigenvalue weighted by atomic mass is 127. The summed E-state index contributed by atoms with van der Waals surface area (Å²) in [5.41, 5.74) is 7.54. The molecule has 32 heavy (non-hydrogen) atoms. The number of anilines is 1. The number of ether oxygens (including phenoxy) is 2. The molecule has 2 heterocycles. The highest BCUT2D eigenvalue weighted by Gasteiger charge is 2.30. The number of alkyl halides is 3. The fraction of sp³-hybridized carbons (Fsp3) is 0.429. The minimum atomic E-state index is -4.71. The maximum Gasteiger partial charge on any atom is 0.573 e. The number of pyridine rings is 1. The molecule has 0 saturated carbocycles. The number of morpholine rings is 1. The Morgan fingerprint density at radius 1 is 1.16 bits per heavy atom. The molecule has 0 aliphatic carbocycles. The van der Waals surface area contributed by atoms with E-state index in [-0.39, 0.29) is 47.9 Å². The van der Waals surface area contributed by atoms with Gasteiger partial charge in [-0.05, 0) is 43.2 Å². The van der Waals surface area contributed by atoms with Crippen LogP contribution in [0.4, 0.5) is 19.0 Å². The molecule has 1 aliphatic rings. The van der Waals surface area contributed by atoms with Gasteiger partial charge in [0.2, 0.25) is 0 Å². The maximum atomic E-state index is 12.2. The molecule has 1 fully saturated rings. The Kier molecular flexibility index (Phi) is 9.37. The molecule has 3 rings (SSSR count). The molecule has 2 unspecified atom stereocenters. The summed E-state index contributed by atoms with van der Waals surface area (Å²) in [6.07, 6.45) is -2.61. The normalized spacial score (nSPS) is 19.3. The first-order valence-electron chi connectivity index (χ1n) is 9.92. The number of guanidine groups is 1. The molecule has 2 atom stereocenters. The lowest BCUT2D eigenvalue weighted by Gasteiger charge is -2.36. The van der Waals surface area contributed by atoms with Crippen LogP contribution in [-0.4, -0.2) is 42.6 Å². The van der Waals surface area contributed by atoms with Crippen molar-refractivity contribution in [2.45, 2.75) is 45.5 Å². The lowest BCUT2D eigenvalue weighted by Crippen LogP contribution is -2.45. The van der Waals surface area contributed by atoms with Crippen LogP contribution in [0.2, 0.25) is 0 Å². The van der Waals surface area contributed by atoms with E-state index in [9.17, 15) is 13.2 Å². The third-order valence-electron chi connectivity index (χ3n) is 4.62. The van der Waals surface area contributed by atoms with E-state index in [1.165, 1.54) is 24.3 Å². The zero-order chi connectivity index (χ0) is 22.4. The van der Waals surface area contributed by atoms with Gasteiger partial charge in [-0.3, -0.25) is 0 Å². The molecule has 11 heteroatoms. The zero-order valence-corrected chi connectivity index (χ0v) is 20.1. The van der Waals surface area contributed by atoms with E-state index in [2.05, 4.69) is 24.9 Å². The minimum Gasteiger partial charge on any atom is -0.406 e. The minimum absolute atomic E-state index is 0. The van der Waals surface area contributed by atoms with Crippen LogP contribution in [-0.2, 0) is 17.8 Å². The summed E-state index contributed by atoms with van der Waals surface area (Å²) in [7, 11) is 0. The number of nitrogens with one attached hydrogen (secondary N) is 1. The van der Waals surface area contributed by atoms with E-state index in [1.54, 1.807) is 6.20 Å². The summed E-state index contributed by atoms with van der Waals surface area (Å²) in [4.78, 5) is 11.0. The standard InChI is InChI=1S/C21H26F3N5O2.HI/c1-14-12-29(13-15(2)30-14)19-8-5-17(10-26-19)11-28-20(25)27-9-16-3-6-18(7-4-16)31-21(22,23)24;/h3-8,10,14-15H,9,11-13H2,1-2H3,(H3,25,27,28);1H. The van der Waals surface area contributed by atoms with Gasteiger partial charge in [-0.25, -0.2) is 9.98 Å². The first-order valence-corrected chi connectivity index (χ1v) is 9.92. The van der Waals surface area contributed by atoms with Crippen molar-refractivity contribution in [1.29, 1.82) is 0 Å². The smallest absolute Gasteiger partial charge is 0.406 e. The summed E-state index contributed by atoms with van der Waals surface area (Å²) in [5.74, 6) is 0.865. The fourth-order valence-corrected chi connectivity index (χ4v) is 3.30. The number of rotatable bonds is 6. The Hall–Kier alpha value is -2.28. The predicted molar refractivity (Wildman–Crippen MR) is 127 cm³/mol. The molecule has 0 bridgehead atoms. The average molecular weight is 565 g/mol. The summed E-state index contributed by atoms with van der Waals surface area (Å²) >= 11 is 0. The fourth-order valence-electron chi connectivity index (χ4n) is 3.30. The van der Waals surface area contributed by atoms with Crippen molar-refractivity contribution >= 4 is 35.8 Å². The Morgan fingerprint density at radius 2 is 1.78 bits per heavy atom. The molecule has 7 nitrogen and oxygen atoms in total. The number of aromatic nitrogens is 1. The van der Waals surface area contributed by atoms with E-state index in [1.807, 2.05) is 26.0 Å². The van der Waals surface area contributed by atoms with Crippen LogP contribution in [0, 0.1) is 0 Å².